The molecule has 2 nitrogen and oxygen atoms in total. The second-order valence-corrected chi connectivity index (χ2v) is 5.59. The van der Waals surface area contributed by atoms with Crippen LogP contribution in [0.3, 0.4) is 0 Å². The van der Waals surface area contributed by atoms with E-state index in [4.69, 9.17) is 0 Å². The maximum Gasteiger partial charge on any atom is 0.102 e. The molecule has 0 amide bonds. The van der Waals surface area contributed by atoms with Crippen molar-refractivity contribution >= 4 is 0 Å². The summed E-state index contributed by atoms with van der Waals surface area (Å²) in [4.78, 5) is 2.18. The van der Waals surface area contributed by atoms with Crippen molar-refractivity contribution in [2.45, 2.75) is 32.0 Å². The van der Waals surface area contributed by atoms with E-state index < -0.39 is 5.60 Å². The summed E-state index contributed by atoms with van der Waals surface area (Å²) in [5.41, 5.74) is 1.34. The Morgan fingerprint density at radius 2 is 1.50 bits per heavy atom. The molecule has 0 aliphatic rings. The molecule has 0 unspecified atom stereocenters. The molecule has 106 valence electrons. The third kappa shape index (κ3) is 3.27. The highest BCUT2D eigenvalue weighted by molar-refractivity contribution is 5.23. The molecule has 0 saturated carbocycles. The largest absolute Gasteiger partial charge is 0.384 e. The fourth-order valence-electron chi connectivity index (χ4n) is 2.45. The molecule has 0 fully saturated rings. The third-order valence-corrected chi connectivity index (χ3v) is 4.11. The highest BCUT2D eigenvalue weighted by Crippen LogP contribution is 2.27. The molecule has 2 rings (SSSR count). The third-order valence-electron chi connectivity index (χ3n) is 4.11. The van der Waals surface area contributed by atoms with Crippen LogP contribution in [-0.4, -0.2) is 23.1 Å². The molecule has 0 bridgehead atoms. The Hall–Kier alpha value is -1.64. The van der Waals surface area contributed by atoms with Gasteiger partial charge in [-0.2, -0.15) is 0 Å². The molecule has 0 aliphatic carbocycles. The SMILES string of the molecule is C[C@@H](N(C)Cc1ccccc1)[C@@](C)(O)c1ccccc1. The zero-order valence-electron chi connectivity index (χ0n) is 12.5. The van der Waals surface area contributed by atoms with Gasteiger partial charge in [-0.1, -0.05) is 60.7 Å². The second kappa shape index (κ2) is 6.21. The van der Waals surface area contributed by atoms with E-state index in [0.717, 1.165) is 12.1 Å². The summed E-state index contributed by atoms with van der Waals surface area (Å²) in [7, 11) is 2.05. The smallest absolute Gasteiger partial charge is 0.102 e. The average Bonchev–Trinajstić information content (AvgIpc) is 2.48. The van der Waals surface area contributed by atoms with E-state index in [0.29, 0.717) is 0 Å². The Bertz CT molecular complexity index is 522. The quantitative estimate of drug-likeness (QED) is 0.899. The van der Waals surface area contributed by atoms with Crippen molar-refractivity contribution < 1.29 is 5.11 Å². The van der Waals surface area contributed by atoms with Crippen molar-refractivity contribution in [1.82, 2.24) is 4.90 Å². The van der Waals surface area contributed by atoms with Crippen LogP contribution in [0.4, 0.5) is 0 Å². The van der Waals surface area contributed by atoms with Gasteiger partial charge in [-0.3, -0.25) is 4.90 Å². The summed E-state index contributed by atoms with van der Waals surface area (Å²) >= 11 is 0. The van der Waals surface area contributed by atoms with E-state index in [2.05, 4.69) is 31.0 Å². The minimum Gasteiger partial charge on any atom is -0.384 e. The minimum absolute atomic E-state index is 0.0186. The van der Waals surface area contributed by atoms with E-state index in [1.807, 2.05) is 55.5 Å². The number of hydrogen-bond acceptors (Lipinski definition) is 2. The molecule has 2 aromatic rings. The van der Waals surface area contributed by atoms with Gasteiger partial charge < -0.3 is 5.11 Å². The first-order valence-electron chi connectivity index (χ1n) is 7.04. The Kier molecular flexibility index (Phi) is 4.58. The van der Waals surface area contributed by atoms with Gasteiger partial charge in [0.25, 0.3) is 0 Å². The van der Waals surface area contributed by atoms with Crippen LogP contribution in [-0.2, 0) is 12.1 Å². The van der Waals surface area contributed by atoms with Gasteiger partial charge in [0.15, 0.2) is 0 Å². The van der Waals surface area contributed by atoms with E-state index in [1.165, 1.54) is 5.56 Å². The number of hydrogen-bond donors (Lipinski definition) is 1. The van der Waals surface area contributed by atoms with Gasteiger partial charge >= 0.3 is 0 Å². The molecule has 0 heterocycles. The zero-order valence-corrected chi connectivity index (χ0v) is 12.5. The first kappa shape index (κ1) is 14.8. The highest BCUT2D eigenvalue weighted by Gasteiger charge is 2.32. The summed E-state index contributed by atoms with van der Waals surface area (Å²) < 4.78 is 0. The van der Waals surface area contributed by atoms with Crippen molar-refractivity contribution in [3.8, 4) is 0 Å². The number of aliphatic hydroxyl groups is 1. The van der Waals surface area contributed by atoms with Gasteiger partial charge in [-0.25, -0.2) is 0 Å². The maximum atomic E-state index is 10.9. The van der Waals surface area contributed by atoms with Crippen LogP contribution in [0.15, 0.2) is 60.7 Å². The molecule has 0 saturated heterocycles. The molecule has 0 radical (unpaired) electrons. The van der Waals surface area contributed by atoms with Crippen LogP contribution >= 0.6 is 0 Å². The maximum absolute atomic E-state index is 10.9. The lowest BCUT2D eigenvalue weighted by Crippen LogP contribution is -2.45. The van der Waals surface area contributed by atoms with Gasteiger partial charge in [0.1, 0.15) is 5.60 Å². The molecule has 2 aromatic carbocycles. The first-order chi connectivity index (χ1) is 9.51. The number of nitrogens with zero attached hydrogens (tertiary/aromatic N) is 1. The van der Waals surface area contributed by atoms with Crippen LogP contribution in [0.1, 0.15) is 25.0 Å². The second-order valence-electron chi connectivity index (χ2n) is 5.59. The van der Waals surface area contributed by atoms with Crippen molar-refractivity contribution in [1.29, 1.82) is 0 Å². The predicted molar refractivity (Wildman–Crippen MR) is 83.4 cm³/mol. The molecular weight excluding hydrogens is 246 g/mol. The summed E-state index contributed by atoms with van der Waals surface area (Å²) in [6.07, 6.45) is 0. The number of benzene rings is 2. The molecule has 0 aromatic heterocycles. The lowest BCUT2D eigenvalue weighted by molar-refractivity contribution is -0.0252. The minimum atomic E-state index is -0.870. The van der Waals surface area contributed by atoms with Gasteiger partial charge in [-0.15, -0.1) is 0 Å². The zero-order chi connectivity index (χ0) is 14.6. The summed E-state index contributed by atoms with van der Waals surface area (Å²) in [5.74, 6) is 0. The molecule has 2 heteroatoms. The fourth-order valence-corrected chi connectivity index (χ4v) is 2.45. The lowest BCUT2D eigenvalue weighted by atomic mass is 9.88. The number of likely N-dealkylation sites (N-methyl/N-ethyl adjacent to an activating group) is 1. The number of rotatable bonds is 5. The Labute approximate surface area is 121 Å². The lowest BCUT2D eigenvalue weighted by Gasteiger charge is -2.37. The van der Waals surface area contributed by atoms with Crippen LogP contribution in [0.2, 0.25) is 0 Å². The van der Waals surface area contributed by atoms with Crippen molar-refractivity contribution in [2.24, 2.45) is 0 Å². The van der Waals surface area contributed by atoms with Crippen LogP contribution in [0.5, 0.6) is 0 Å². The van der Waals surface area contributed by atoms with Crippen LogP contribution in [0.25, 0.3) is 0 Å². The van der Waals surface area contributed by atoms with Crippen LogP contribution in [0, 0.1) is 0 Å². The topological polar surface area (TPSA) is 23.5 Å². The van der Waals surface area contributed by atoms with E-state index >= 15 is 0 Å². The molecule has 2 atom stereocenters. The Morgan fingerprint density at radius 1 is 1.00 bits per heavy atom. The molecule has 0 aliphatic heterocycles. The molecule has 1 N–H and O–H groups in total. The molecular formula is C18H23NO. The van der Waals surface area contributed by atoms with E-state index in [-0.39, 0.29) is 6.04 Å². The highest BCUT2D eigenvalue weighted by atomic mass is 16.3. The monoisotopic (exact) mass is 269 g/mol. The van der Waals surface area contributed by atoms with Gasteiger partial charge in [-0.05, 0) is 32.0 Å². The molecule has 0 spiro atoms. The van der Waals surface area contributed by atoms with Crippen molar-refractivity contribution in [3.05, 3.63) is 71.8 Å². The normalized spacial score (nSPS) is 15.8. The standard InChI is InChI=1S/C18H23NO/c1-15(18(2,20)17-12-8-5-9-13-17)19(3)14-16-10-6-4-7-11-16/h4-13,15,20H,14H2,1-3H3/t15-,18-/m1/s1. The summed E-state index contributed by atoms with van der Waals surface area (Å²) in [6, 6.07) is 20.2. The first-order valence-corrected chi connectivity index (χ1v) is 7.04. The summed E-state index contributed by atoms with van der Waals surface area (Å²) in [6.45, 7) is 4.77. The van der Waals surface area contributed by atoms with Crippen molar-refractivity contribution in [2.75, 3.05) is 7.05 Å². The van der Waals surface area contributed by atoms with E-state index in [1.54, 1.807) is 0 Å². The average molecular weight is 269 g/mol. The summed E-state index contributed by atoms with van der Waals surface area (Å²) in [5, 5.41) is 10.9. The van der Waals surface area contributed by atoms with E-state index in [9.17, 15) is 5.11 Å². The van der Waals surface area contributed by atoms with Crippen molar-refractivity contribution in [3.63, 3.8) is 0 Å². The molecule has 20 heavy (non-hydrogen) atoms. The van der Waals surface area contributed by atoms with Crippen LogP contribution < -0.4 is 0 Å². The van der Waals surface area contributed by atoms with Gasteiger partial charge in [0.2, 0.25) is 0 Å². The predicted octanol–water partition coefficient (Wildman–Crippen LogP) is 3.41. The van der Waals surface area contributed by atoms with Gasteiger partial charge in [0.05, 0.1) is 0 Å². The van der Waals surface area contributed by atoms with Gasteiger partial charge in [0, 0.05) is 12.6 Å². The Balaban J connectivity index is 2.12. The Morgan fingerprint density at radius 3 is 2.05 bits per heavy atom. The fraction of sp³-hybridized carbons (Fsp3) is 0.333.